The number of hydrogen-bond donors (Lipinski definition) is 1. The van der Waals surface area contributed by atoms with E-state index in [2.05, 4.69) is 33.7 Å². The quantitative estimate of drug-likeness (QED) is 0.885. The van der Waals surface area contributed by atoms with Crippen molar-refractivity contribution in [2.45, 2.75) is 26.4 Å². The van der Waals surface area contributed by atoms with Gasteiger partial charge in [0, 0.05) is 23.7 Å². The minimum absolute atomic E-state index is 0.411. The molecule has 0 radical (unpaired) electrons. The molecule has 2 heterocycles. The lowest BCUT2D eigenvalue weighted by Crippen LogP contribution is -2.02. The van der Waals surface area contributed by atoms with Gasteiger partial charge in [0.1, 0.15) is 5.01 Å². The van der Waals surface area contributed by atoms with E-state index < -0.39 is 0 Å². The number of nitrogens with zero attached hydrogens (tertiary/aromatic N) is 3. The summed E-state index contributed by atoms with van der Waals surface area (Å²) in [6.45, 7) is 5.16. The molecule has 0 atom stereocenters. The Kier molecular flexibility index (Phi) is 3.36. The predicted molar refractivity (Wildman–Crippen MR) is 66.5 cm³/mol. The van der Waals surface area contributed by atoms with Gasteiger partial charge in [0.2, 0.25) is 0 Å². The fourth-order valence-electron chi connectivity index (χ4n) is 1.56. The van der Waals surface area contributed by atoms with Crippen molar-refractivity contribution in [3.05, 3.63) is 23.6 Å². The van der Waals surface area contributed by atoms with Gasteiger partial charge in [0.05, 0.1) is 18.2 Å². The Morgan fingerprint density at radius 2 is 2.25 bits per heavy atom. The molecule has 16 heavy (non-hydrogen) atoms. The normalized spacial score (nSPS) is 11.2. The summed E-state index contributed by atoms with van der Waals surface area (Å²) in [6, 6.07) is 0.411. The molecule has 0 aromatic carbocycles. The van der Waals surface area contributed by atoms with E-state index in [1.165, 1.54) is 4.88 Å². The first-order valence-corrected chi connectivity index (χ1v) is 6.15. The molecular weight excluding hydrogens is 220 g/mol. The summed E-state index contributed by atoms with van der Waals surface area (Å²) in [6.07, 6.45) is 5.66. The molecule has 0 fully saturated rings. The topological polar surface area (TPSA) is 42.7 Å². The first-order valence-electron chi connectivity index (χ1n) is 5.34. The minimum Gasteiger partial charge on any atom is -0.326 e. The lowest BCUT2D eigenvalue weighted by molar-refractivity contribution is 0.605. The molecule has 0 aliphatic carbocycles. The Bertz CT molecular complexity index is 458. The van der Waals surface area contributed by atoms with E-state index in [-0.39, 0.29) is 0 Å². The van der Waals surface area contributed by atoms with E-state index in [9.17, 15) is 0 Å². The second-order valence-electron chi connectivity index (χ2n) is 3.94. The van der Waals surface area contributed by atoms with Gasteiger partial charge in [-0.3, -0.25) is 0 Å². The summed E-state index contributed by atoms with van der Waals surface area (Å²) < 4.78 is 2.14. The zero-order valence-corrected chi connectivity index (χ0v) is 10.6. The fraction of sp³-hybridized carbons (Fsp3) is 0.455. The largest absolute Gasteiger partial charge is 0.326 e. The summed E-state index contributed by atoms with van der Waals surface area (Å²) >= 11 is 1.71. The minimum atomic E-state index is 0.411. The van der Waals surface area contributed by atoms with Crippen molar-refractivity contribution < 1.29 is 0 Å². The van der Waals surface area contributed by atoms with E-state index >= 15 is 0 Å². The third-order valence-electron chi connectivity index (χ3n) is 2.35. The van der Waals surface area contributed by atoms with E-state index in [4.69, 9.17) is 0 Å². The van der Waals surface area contributed by atoms with Crippen molar-refractivity contribution in [3.63, 3.8) is 0 Å². The summed E-state index contributed by atoms with van der Waals surface area (Å²) in [5.41, 5.74) is 1.10. The Balaban J connectivity index is 2.31. The first kappa shape index (κ1) is 11.3. The van der Waals surface area contributed by atoms with Crippen LogP contribution in [0.2, 0.25) is 0 Å². The third kappa shape index (κ3) is 2.15. The maximum atomic E-state index is 4.44. The van der Waals surface area contributed by atoms with Crippen LogP contribution in [0.3, 0.4) is 0 Å². The average Bonchev–Trinajstić information content (AvgIpc) is 2.83. The number of aromatic nitrogens is 3. The number of imidazole rings is 1. The molecule has 2 aromatic heterocycles. The van der Waals surface area contributed by atoms with Gasteiger partial charge in [0.25, 0.3) is 0 Å². The summed E-state index contributed by atoms with van der Waals surface area (Å²) in [7, 11) is 1.94. The van der Waals surface area contributed by atoms with Crippen molar-refractivity contribution in [1.29, 1.82) is 0 Å². The fourth-order valence-corrected chi connectivity index (χ4v) is 2.50. The smallest absolute Gasteiger partial charge is 0.141 e. The molecule has 2 rings (SSSR count). The average molecular weight is 236 g/mol. The zero-order chi connectivity index (χ0) is 11.5. The highest BCUT2D eigenvalue weighted by atomic mass is 32.1. The van der Waals surface area contributed by atoms with Crippen LogP contribution in [0.15, 0.2) is 18.7 Å². The Morgan fingerprint density at radius 3 is 2.94 bits per heavy atom. The Labute approximate surface area is 99.4 Å². The van der Waals surface area contributed by atoms with Gasteiger partial charge < -0.3 is 9.88 Å². The Morgan fingerprint density at radius 1 is 1.44 bits per heavy atom. The van der Waals surface area contributed by atoms with Gasteiger partial charge in [-0.2, -0.15) is 0 Å². The van der Waals surface area contributed by atoms with Gasteiger partial charge in [-0.05, 0) is 20.9 Å². The highest BCUT2D eigenvalue weighted by molar-refractivity contribution is 7.15. The summed E-state index contributed by atoms with van der Waals surface area (Å²) in [5.74, 6) is 0. The van der Waals surface area contributed by atoms with Gasteiger partial charge >= 0.3 is 0 Å². The van der Waals surface area contributed by atoms with Crippen LogP contribution in [0.5, 0.6) is 0 Å². The number of thiazole rings is 1. The molecule has 0 spiro atoms. The van der Waals surface area contributed by atoms with Crippen molar-refractivity contribution in [1.82, 2.24) is 19.9 Å². The van der Waals surface area contributed by atoms with Crippen LogP contribution in [-0.2, 0) is 6.54 Å². The number of rotatable bonds is 4. The lowest BCUT2D eigenvalue weighted by atomic mass is 10.3. The molecule has 0 aliphatic heterocycles. The molecule has 0 unspecified atom stereocenters. The molecule has 0 bridgehead atoms. The molecule has 0 saturated heterocycles. The van der Waals surface area contributed by atoms with Crippen molar-refractivity contribution in [2.24, 2.45) is 0 Å². The zero-order valence-electron chi connectivity index (χ0n) is 9.77. The van der Waals surface area contributed by atoms with Crippen LogP contribution in [0, 0.1) is 0 Å². The van der Waals surface area contributed by atoms with Gasteiger partial charge in [-0.1, -0.05) is 0 Å². The second-order valence-corrected chi connectivity index (χ2v) is 5.06. The summed E-state index contributed by atoms with van der Waals surface area (Å²) in [4.78, 5) is 9.87. The van der Waals surface area contributed by atoms with E-state index in [1.807, 2.05) is 25.8 Å². The van der Waals surface area contributed by atoms with Crippen LogP contribution >= 0.6 is 11.3 Å². The molecular formula is C11H16N4S. The molecule has 86 valence electrons. The number of nitrogens with one attached hydrogen (secondary N) is 1. The molecule has 0 amide bonds. The SMILES string of the molecule is CNCc1cnc(-c2cncn2C(C)C)s1. The third-order valence-corrected chi connectivity index (χ3v) is 3.37. The van der Waals surface area contributed by atoms with Crippen LogP contribution < -0.4 is 5.32 Å². The first-order chi connectivity index (χ1) is 7.72. The van der Waals surface area contributed by atoms with E-state index in [0.717, 1.165) is 17.2 Å². The van der Waals surface area contributed by atoms with Crippen molar-refractivity contribution >= 4 is 11.3 Å². The van der Waals surface area contributed by atoms with Crippen LogP contribution in [0.25, 0.3) is 10.7 Å². The second kappa shape index (κ2) is 4.76. The maximum absolute atomic E-state index is 4.44. The summed E-state index contributed by atoms with van der Waals surface area (Å²) in [5, 5.41) is 4.17. The van der Waals surface area contributed by atoms with Crippen molar-refractivity contribution in [3.8, 4) is 10.7 Å². The van der Waals surface area contributed by atoms with Gasteiger partial charge in [-0.15, -0.1) is 11.3 Å². The van der Waals surface area contributed by atoms with Crippen molar-refractivity contribution in [2.75, 3.05) is 7.05 Å². The van der Waals surface area contributed by atoms with Crippen LogP contribution in [-0.4, -0.2) is 21.6 Å². The highest BCUT2D eigenvalue weighted by Gasteiger charge is 2.11. The monoisotopic (exact) mass is 236 g/mol. The molecule has 1 N–H and O–H groups in total. The molecule has 5 heteroatoms. The standard InChI is InChI=1S/C11H16N4S/c1-8(2)15-7-13-6-10(15)11-14-5-9(16-11)4-12-3/h5-8,12H,4H2,1-3H3. The van der Waals surface area contributed by atoms with E-state index in [0.29, 0.717) is 6.04 Å². The Hall–Kier alpha value is -1.20. The maximum Gasteiger partial charge on any atom is 0.141 e. The molecule has 0 aliphatic rings. The predicted octanol–water partition coefficient (Wildman–Crippen LogP) is 2.31. The van der Waals surface area contributed by atoms with Crippen LogP contribution in [0.4, 0.5) is 0 Å². The number of hydrogen-bond acceptors (Lipinski definition) is 4. The molecule has 2 aromatic rings. The molecule has 0 saturated carbocycles. The van der Waals surface area contributed by atoms with Gasteiger partial charge in [-0.25, -0.2) is 9.97 Å². The van der Waals surface area contributed by atoms with E-state index in [1.54, 1.807) is 11.3 Å². The molecule has 4 nitrogen and oxygen atoms in total. The van der Waals surface area contributed by atoms with Crippen LogP contribution in [0.1, 0.15) is 24.8 Å². The van der Waals surface area contributed by atoms with Gasteiger partial charge in [0.15, 0.2) is 0 Å². The highest BCUT2D eigenvalue weighted by Crippen LogP contribution is 2.26. The lowest BCUT2D eigenvalue weighted by Gasteiger charge is -2.09.